The number of rotatable bonds is 49. The Balaban J connectivity index is 1.63. The molecule has 2 fully saturated rings. The molecule has 9 N–H and O–H groups in total. The molecule has 14 heteroatoms. The maximum absolute atomic E-state index is 13.2. The van der Waals surface area contributed by atoms with Crippen LogP contribution in [0, 0.1) is 0 Å². The topological polar surface area (TPSA) is 228 Å². The molecule has 2 rings (SSSR count). The van der Waals surface area contributed by atoms with Crippen molar-refractivity contribution in [1.29, 1.82) is 0 Å². The average Bonchev–Trinajstić information content (AvgIpc) is 3.42. The molecular formula is C62H113NO13. The molecule has 0 aromatic rings. The summed E-state index contributed by atoms with van der Waals surface area (Å²) < 4.78 is 22.7. The molecule has 2 aliphatic heterocycles. The first kappa shape index (κ1) is 70.1. The molecule has 0 bridgehead atoms. The molecule has 2 aliphatic rings. The lowest BCUT2D eigenvalue weighted by Crippen LogP contribution is -2.65. The molecule has 0 spiro atoms. The largest absolute Gasteiger partial charge is 0.394 e. The van der Waals surface area contributed by atoms with Crippen LogP contribution in [0.5, 0.6) is 0 Å². The van der Waals surface area contributed by atoms with Gasteiger partial charge in [-0.15, -0.1) is 0 Å². The van der Waals surface area contributed by atoms with E-state index in [9.17, 15) is 45.6 Å². The number of carbonyl (C=O) groups is 1. The fourth-order valence-corrected chi connectivity index (χ4v) is 9.97. The van der Waals surface area contributed by atoms with Crippen LogP contribution in [0.4, 0.5) is 0 Å². The first-order valence-electron chi connectivity index (χ1n) is 30.9. The number of aliphatic hydroxyl groups excluding tert-OH is 8. The molecule has 14 nitrogen and oxygen atoms in total. The van der Waals surface area contributed by atoms with Crippen LogP contribution in [0.15, 0.2) is 48.6 Å². The maximum Gasteiger partial charge on any atom is 0.220 e. The molecule has 0 aromatic heterocycles. The van der Waals surface area contributed by atoms with Gasteiger partial charge in [0.15, 0.2) is 12.6 Å². The predicted molar refractivity (Wildman–Crippen MR) is 304 cm³/mol. The van der Waals surface area contributed by atoms with Crippen molar-refractivity contribution in [2.45, 2.75) is 319 Å². The lowest BCUT2D eigenvalue weighted by atomic mass is 9.97. The first-order valence-corrected chi connectivity index (χ1v) is 30.9. The molecule has 76 heavy (non-hydrogen) atoms. The van der Waals surface area contributed by atoms with Gasteiger partial charge < -0.3 is 65.1 Å². The van der Waals surface area contributed by atoms with E-state index >= 15 is 0 Å². The fourth-order valence-electron chi connectivity index (χ4n) is 9.97. The first-order chi connectivity index (χ1) is 37.1. The van der Waals surface area contributed by atoms with Crippen molar-refractivity contribution in [3.8, 4) is 0 Å². The second kappa shape index (κ2) is 47.7. The van der Waals surface area contributed by atoms with E-state index in [1.54, 1.807) is 6.08 Å². The highest BCUT2D eigenvalue weighted by Crippen LogP contribution is 2.30. The maximum atomic E-state index is 13.2. The van der Waals surface area contributed by atoms with Crippen molar-refractivity contribution in [1.82, 2.24) is 5.32 Å². The van der Waals surface area contributed by atoms with Crippen LogP contribution in [-0.4, -0.2) is 140 Å². The number of unbranched alkanes of at least 4 members (excludes halogenated alkanes) is 30. The number of aliphatic hydroxyl groups is 8. The second-order valence-corrected chi connectivity index (χ2v) is 21.8. The average molecular weight is 1080 g/mol. The van der Waals surface area contributed by atoms with E-state index < -0.39 is 86.8 Å². The Hall–Kier alpha value is -2.05. The summed E-state index contributed by atoms with van der Waals surface area (Å²) in [6.45, 7) is 2.70. The monoisotopic (exact) mass is 1080 g/mol. The second-order valence-electron chi connectivity index (χ2n) is 21.8. The van der Waals surface area contributed by atoms with Crippen molar-refractivity contribution in [2.24, 2.45) is 0 Å². The number of ether oxygens (including phenoxy) is 4. The van der Waals surface area contributed by atoms with Gasteiger partial charge in [0.05, 0.1) is 32.0 Å². The van der Waals surface area contributed by atoms with Crippen molar-refractivity contribution in [3.63, 3.8) is 0 Å². The Bertz CT molecular complexity index is 1460. The third kappa shape index (κ3) is 32.9. The van der Waals surface area contributed by atoms with Gasteiger partial charge in [0.2, 0.25) is 5.91 Å². The number of nitrogens with one attached hydrogen (secondary N) is 1. The third-order valence-electron chi connectivity index (χ3n) is 14.9. The Labute approximate surface area is 461 Å². The lowest BCUT2D eigenvalue weighted by molar-refractivity contribution is -0.359. The van der Waals surface area contributed by atoms with Crippen LogP contribution in [0.1, 0.15) is 245 Å². The van der Waals surface area contributed by atoms with Gasteiger partial charge in [-0.05, 0) is 64.2 Å². The van der Waals surface area contributed by atoms with E-state index in [1.807, 2.05) is 6.08 Å². The minimum atomic E-state index is -1.79. The summed E-state index contributed by atoms with van der Waals surface area (Å²) in [7, 11) is 0. The predicted octanol–water partition coefficient (Wildman–Crippen LogP) is 10.8. The van der Waals surface area contributed by atoms with Crippen LogP contribution in [0.3, 0.4) is 0 Å². The van der Waals surface area contributed by atoms with E-state index in [1.165, 1.54) is 161 Å². The molecule has 2 saturated heterocycles. The quantitative estimate of drug-likeness (QED) is 0.0204. The molecule has 2 heterocycles. The van der Waals surface area contributed by atoms with Crippen LogP contribution in [0.2, 0.25) is 0 Å². The number of hydrogen-bond acceptors (Lipinski definition) is 13. The van der Waals surface area contributed by atoms with Crippen LogP contribution in [0.25, 0.3) is 0 Å². The van der Waals surface area contributed by atoms with Gasteiger partial charge in [0, 0.05) is 6.42 Å². The highest BCUT2D eigenvalue weighted by atomic mass is 16.7. The molecule has 0 aromatic carbocycles. The minimum Gasteiger partial charge on any atom is -0.394 e. The molecular weight excluding hydrogens is 967 g/mol. The molecule has 444 valence electrons. The van der Waals surface area contributed by atoms with Crippen LogP contribution >= 0.6 is 0 Å². The standard InChI is InChI=1S/C62H113NO13/c1-3-5-7-9-11-13-15-16-17-18-19-20-21-22-23-24-25-26-27-28-29-30-31-32-33-34-36-38-40-42-44-46-54(67)63-50(51(66)45-43-41-39-37-35-14-12-10-8-6-4-2)49-73-61-59(72)57(70)60(53(48-65)75-61)76-62-58(71)56(69)55(68)52(47-64)74-62/h8,10,18-19,35,37,43,45,50-53,55-62,64-66,68-72H,3-7,9,11-17,20-34,36,38-42,44,46-49H2,1-2H3,(H,63,67)/b10-8+,19-18-,37-35+,45-43+. The smallest absolute Gasteiger partial charge is 0.220 e. The summed E-state index contributed by atoms with van der Waals surface area (Å²) in [5.74, 6) is -0.253. The summed E-state index contributed by atoms with van der Waals surface area (Å²) in [5, 5.41) is 86.9. The highest BCUT2D eigenvalue weighted by Gasteiger charge is 2.51. The van der Waals surface area contributed by atoms with E-state index in [0.717, 1.165) is 51.4 Å². The molecule has 12 atom stereocenters. The number of amides is 1. The van der Waals surface area contributed by atoms with Crippen molar-refractivity contribution < 1.29 is 64.6 Å². The van der Waals surface area contributed by atoms with E-state index in [2.05, 4.69) is 55.6 Å². The van der Waals surface area contributed by atoms with E-state index in [-0.39, 0.29) is 18.9 Å². The summed E-state index contributed by atoms with van der Waals surface area (Å²) in [6.07, 6.45) is 43.4. The molecule has 12 unspecified atom stereocenters. The van der Waals surface area contributed by atoms with Gasteiger partial charge in [-0.1, -0.05) is 223 Å². The SMILES string of the molecule is CCC/C=C/CC/C=C/CC/C=C/C(O)C(COC1OC(CO)C(OC2OC(CO)C(O)C(O)C2O)C(O)C1O)NC(=O)CCCCCCCCCCCCCCCCCCCCC/C=C\CCCCCCCCCC. The Morgan fingerprint density at radius 1 is 0.461 bits per heavy atom. The lowest BCUT2D eigenvalue weighted by Gasteiger charge is -2.46. The molecule has 0 radical (unpaired) electrons. The van der Waals surface area contributed by atoms with Gasteiger partial charge in [-0.2, -0.15) is 0 Å². The Morgan fingerprint density at radius 3 is 1.34 bits per heavy atom. The van der Waals surface area contributed by atoms with Crippen LogP contribution in [-0.2, 0) is 23.7 Å². The summed E-state index contributed by atoms with van der Waals surface area (Å²) >= 11 is 0. The zero-order chi connectivity index (χ0) is 55.3. The number of carbonyl (C=O) groups excluding carboxylic acids is 1. The fraction of sp³-hybridized carbons (Fsp3) is 0.855. The van der Waals surface area contributed by atoms with Gasteiger partial charge in [0.1, 0.15) is 48.8 Å². The minimum absolute atomic E-state index is 0.253. The molecule has 0 aliphatic carbocycles. The van der Waals surface area contributed by atoms with Crippen molar-refractivity contribution >= 4 is 5.91 Å². The summed E-state index contributed by atoms with van der Waals surface area (Å²) in [4.78, 5) is 13.2. The van der Waals surface area contributed by atoms with Gasteiger partial charge in [-0.3, -0.25) is 4.79 Å². The van der Waals surface area contributed by atoms with E-state index in [0.29, 0.717) is 12.8 Å². The number of allylic oxidation sites excluding steroid dienone is 7. The zero-order valence-electron chi connectivity index (χ0n) is 47.7. The van der Waals surface area contributed by atoms with Gasteiger partial charge >= 0.3 is 0 Å². The van der Waals surface area contributed by atoms with Gasteiger partial charge in [0.25, 0.3) is 0 Å². The molecule has 1 amide bonds. The van der Waals surface area contributed by atoms with Gasteiger partial charge in [-0.25, -0.2) is 0 Å². The Morgan fingerprint density at radius 2 is 0.868 bits per heavy atom. The molecule has 0 saturated carbocycles. The van der Waals surface area contributed by atoms with Crippen molar-refractivity contribution in [3.05, 3.63) is 48.6 Å². The summed E-state index contributed by atoms with van der Waals surface area (Å²) in [5.41, 5.74) is 0. The van der Waals surface area contributed by atoms with E-state index in [4.69, 9.17) is 18.9 Å². The Kier molecular flexibility index (Phi) is 44.0. The zero-order valence-corrected chi connectivity index (χ0v) is 47.7. The summed E-state index contributed by atoms with van der Waals surface area (Å²) in [6, 6.07) is -0.936. The highest BCUT2D eigenvalue weighted by molar-refractivity contribution is 5.76. The van der Waals surface area contributed by atoms with Crippen LogP contribution < -0.4 is 5.32 Å². The van der Waals surface area contributed by atoms with Crippen molar-refractivity contribution in [2.75, 3.05) is 19.8 Å². The normalized spacial score (nSPS) is 25.2. The third-order valence-corrected chi connectivity index (χ3v) is 14.9. The number of hydrogen-bond donors (Lipinski definition) is 9.